The summed E-state index contributed by atoms with van der Waals surface area (Å²) in [6.07, 6.45) is 0. The van der Waals surface area contributed by atoms with Crippen LogP contribution >= 0.6 is 0 Å². The van der Waals surface area contributed by atoms with Gasteiger partial charge in [-0.2, -0.15) is 0 Å². The van der Waals surface area contributed by atoms with Gasteiger partial charge in [0.1, 0.15) is 11.2 Å². The number of benzene rings is 11. The molecule has 0 saturated heterocycles. The minimum absolute atomic E-state index is 0.175. The van der Waals surface area contributed by atoms with Gasteiger partial charge in [-0.3, -0.25) is 0 Å². The van der Waals surface area contributed by atoms with E-state index in [1.807, 2.05) is 0 Å². The van der Waals surface area contributed by atoms with Gasteiger partial charge in [0.05, 0.1) is 22.7 Å². The van der Waals surface area contributed by atoms with Crippen LogP contribution in [0, 0.1) is 0 Å². The molecule has 0 bridgehead atoms. The molecule has 17 rings (SSSR count). The van der Waals surface area contributed by atoms with Gasteiger partial charge in [0, 0.05) is 65.7 Å². The summed E-state index contributed by atoms with van der Waals surface area (Å²) in [7, 11) is 0. The lowest BCUT2D eigenvalue weighted by molar-refractivity contribution is 0.601. The Morgan fingerprint density at radius 3 is 1.07 bits per heavy atom. The minimum atomic E-state index is -0.451. The second-order valence-electron chi connectivity index (χ2n) is 25.5. The molecular weight excluding hydrogens is 997 g/mol. The van der Waals surface area contributed by atoms with E-state index in [4.69, 9.17) is 8.83 Å². The fourth-order valence-corrected chi connectivity index (χ4v) is 16.0. The predicted molar refractivity (Wildman–Crippen MR) is 341 cm³/mol. The Labute approximate surface area is 478 Å². The van der Waals surface area contributed by atoms with Crippen LogP contribution in [0.3, 0.4) is 0 Å². The average molecular weight is 1060 g/mol. The molecule has 0 spiro atoms. The molecule has 4 aliphatic rings. The van der Waals surface area contributed by atoms with Gasteiger partial charge >= 0.3 is 0 Å². The third-order valence-electron chi connectivity index (χ3n) is 19.8. The lowest BCUT2D eigenvalue weighted by Crippen LogP contribution is -2.24. The zero-order chi connectivity index (χ0) is 55.3. The lowest BCUT2D eigenvalue weighted by Gasteiger charge is -2.32. The second-order valence-corrected chi connectivity index (χ2v) is 25.5. The number of furan rings is 2. The number of fused-ring (bicyclic) bond motifs is 21. The largest absolute Gasteiger partial charge is 0.454 e. The molecule has 2 aromatic heterocycles. The van der Waals surface area contributed by atoms with Crippen molar-refractivity contribution < 1.29 is 8.83 Å². The van der Waals surface area contributed by atoms with Gasteiger partial charge in [0.25, 0.3) is 0 Å². The summed E-state index contributed by atoms with van der Waals surface area (Å²) in [6, 6.07) is 80.8. The Balaban J connectivity index is 0.929. The molecular formula is C78H60N2O2. The quantitative estimate of drug-likeness (QED) is 0.166. The highest BCUT2D eigenvalue weighted by molar-refractivity contribution is 6.22. The van der Waals surface area contributed by atoms with E-state index in [2.05, 4.69) is 284 Å². The van der Waals surface area contributed by atoms with Gasteiger partial charge in [0.15, 0.2) is 11.2 Å². The van der Waals surface area contributed by atoms with Crippen molar-refractivity contribution in [2.45, 2.75) is 77.0 Å². The Bertz CT molecular complexity index is 4620. The van der Waals surface area contributed by atoms with E-state index in [-0.39, 0.29) is 10.8 Å². The Kier molecular flexibility index (Phi) is 9.35. The molecule has 0 amide bonds. The number of hydrogen-bond acceptors (Lipinski definition) is 4. The SMILES string of the molecule is CC1(C)c2ccccc2-c2c(N(c3ccccc3)c3cc4c(c5c3oc3ccccc35)-c3ccc5c(c3C4(C)C)C(C)(C)c3cc(N(c4ccccc4)c4cccc6c4-c4ccccc4C6(C)C)c4oc6ccccc6c4c3-5)cccc21. The van der Waals surface area contributed by atoms with Crippen LogP contribution in [0.15, 0.2) is 227 Å². The number of anilines is 6. The normalized spacial score (nSPS) is 15.7. The molecule has 11 aromatic carbocycles. The molecule has 0 fully saturated rings. The Hall–Kier alpha value is -9.38. The summed E-state index contributed by atoms with van der Waals surface area (Å²) in [5.74, 6) is 0. The first-order valence-electron chi connectivity index (χ1n) is 29.1. The summed E-state index contributed by atoms with van der Waals surface area (Å²) in [6.45, 7) is 19.4. The summed E-state index contributed by atoms with van der Waals surface area (Å²) in [4.78, 5) is 4.99. The lowest BCUT2D eigenvalue weighted by atomic mass is 9.72. The topological polar surface area (TPSA) is 32.8 Å². The molecule has 0 aliphatic heterocycles. The number of para-hydroxylation sites is 4. The van der Waals surface area contributed by atoms with Gasteiger partial charge in [-0.25, -0.2) is 0 Å². The van der Waals surface area contributed by atoms with Crippen LogP contribution in [0.2, 0.25) is 0 Å². The molecule has 0 saturated carbocycles. The molecule has 4 heteroatoms. The van der Waals surface area contributed by atoms with Crippen LogP contribution in [-0.4, -0.2) is 0 Å². The van der Waals surface area contributed by atoms with Gasteiger partial charge in [-0.05, 0) is 139 Å². The number of nitrogens with zero attached hydrogens (tertiary/aromatic N) is 2. The molecule has 2 heterocycles. The van der Waals surface area contributed by atoms with E-state index in [0.717, 1.165) is 78.0 Å². The molecule has 0 unspecified atom stereocenters. The standard InChI is InChI=1S/C78H60N2O2/c1-75(2)53-33-19-15-29-47(53)65-55(75)35-23-37-59(65)79(45-25-11-9-12-26-45)61-43-57-67(69-49-31-17-21-39-63(49)81-73(61)69)51-41-42-52-68-58(78(7,8)72(52)71(51)77(57,5)6)44-62(74-70(68)50-32-18-22-40-64(50)82-74)80(46-27-13-10-14-28-46)60-38-24-36-56-66(60)48-30-16-20-34-54(48)76(56,3)4/h9-44H,1-8H3. The van der Waals surface area contributed by atoms with E-state index in [0.29, 0.717) is 0 Å². The van der Waals surface area contributed by atoms with Crippen LogP contribution in [0.4, 0.5) is 34.1 Å². The van der Waals surface area contributed by atoms with Crippen LogP contribution in [0.25, 0.3) is 88.4 Å². The van der Waals surface area contributed by atoms with Crippen molar-refractivity contribution in [2.75, 3.05) is 9.80 Å². The van der Waals surface area contributed by atoms with Crippen LogP contribution in [0.5, 0.6) is 0 Å². The highest BCUT2D eigenvalue weighted by Gasteiger charge is 2.49. The van der Waals surface area contributed by atoms with Crippen molar-refractivity contribution >= 4 is 78.0 Å². The number of rotatable bonds is 6. The molecule has 4 aliphatic carbocycles. The zero-order valence-electron chi connectivity index (χ0n) is 47.5. The third kappa shape index (κ3) is 5.96. The molecule has 0 radical (unpaired) electrons. The maximum atomic E-state index is 7.32. The van der Waals surface area contributed by atoms with E-state index in [1.165, 1.54) is 89.0 Å². The molecule has 0 atom stereocenters. The first-order chi connectivity index (χ1) is 39.8. The van der Waals surface area contributed by atoms with Gasteiger partial charge in [0.2, 0.25) is 0 Å². The molecule has 394 valence electrons. The number of hydrogen-bond donors (Lipinski definition) is 0. The first-order valence-corrected chi connectivity index (χ1v) is 29.1. The highest BCUT2D eigenvalue weighted by Crippen LogP contribution is 2.66. The minimum Gasteiger partial charge on any atom is -0.454 e. The van der Waals surface area contributed by atoms with Gasteiger partial charge in [-0.15, -0.1) is 0 Å². The van der Waals surface area contributed by atoms with Crippen molar-refractivity contribution in [1.82, 2.24) is 0 Å². The first kappa shape index (κ1) is 47.4. The van der Waals surface area contributed by atoms with E-state index < -0.39 is 10.8 Å². The van der Waals surface area contributed by atoms with Crippen LogP contribution < -0.4 is 9.80 Å². The van der Waals surface area contributed by atoms with E-state index >= 15 is 0 Å². The summed E-state index contributed by atoms with van der Waals surface area (Å²) in [5, 5.41) is 4.55. The van der Waals surface area contributed by atoms with Gasteiger partial charge in [-0.1, -0.05) is 213 Å². The van der Waals surface area contributed by atoms with Crippen LogP contribution in [-0.2, 0) is 21.7 Å². The van der Waals surface area contributed by atoms with E-state index in [9.17, 15) is 0 Å². The summed E-state index contributed by atoms with van der Waals surface area (Å²) < 4.78 is 14.6. The molecule has 82 heavy (non-hydrogen) atoms. The zero-order valence-corrected chi connectivity index (χ0v) is 47.5. The van der Waals surface area contributed by atoms with Crippen molar-refractivity contribution in [3.8, 4) is 44.5 Å². The monoisotopic (exact) mass is 1060 g/mol. The summed E-state index contributed by atoms with van der Waals surface area (Å²) in [5.41, 5.74) is 29.6. The summed E-state index contributed by atoms with van der Waals surface area (Å²) >= 11 is 0. The maximum Gasteiger partial charge on any atom is 0.160 e. The second kappa shape index (κ2) is 16.2. The molecule has 0 N–H and O–H groups in total. The van der Waals surface area contributed by atoms with Crippen molar-refractivity contribution in [3.63, 3.8) is 0 Å². The average Bonchev–Trinajstić information content (AvgIpc) is 2.17. The fraction of sp³-hybridized carbons (Fsp3) is 0.154. The van der Waals surface area contributed by atoms with Crippen molar-refractivity contribution in [1.29, 1.82) is 0 Å². The predicted octanol–water partition coefficient (Wildman–Crippen LogP) is 21.7. The van der Waals surface area contributed by atoms with E-state index in [1.54, 1.807) is 0 Å². The van der Waals surface area contributed by atoms with Crippen molar-refractivity contribution in [2.24, 2.45) is 0 Å². The fourth-order valence-electron chi connectivity index (χ4n) is 16.0. The van der Waals surface area contributed by atoms with Gasteiger partial charge < -0.3 is 18.6 Å². The Morgan fingerprint density at radius 1 is 0.280 bits per heavy atom. The molecule has 13 aromatic rings. The highest BCUT2D eigenvalue weighted by atomic mass is 16.3. The molecule has 4 nitrogen and oxygen atoms in total. The van der Waals surface area contributed by atoms with Crippen molar-refractivity contribution in [3.05, 3.63) is 263 Å². The maximum absolute atomic E-state index is 7.32. The van der Waals surface area contributed by atoms with Crippen LogP contribution in [0.1, 0.15) is 99.9 Å². The smallest absolute Gasteiger partial charge is 0.160 e. The Morgan fingerprint density at radius 2 is 0.646 bits per heavy atom. The third-order valence-corrected chi connectivity index (χ3v) is 19.8.